The zero-order valence-electron chi connectivity index (χ0n) is 10.3. The fourth-order valence-electron chi connectivity index (χ4n) is 2.01. The molecule has 1 aromatic carbocycles. The molecule has 0 aliphatic carbocycles. The summed E-state index contributed by atoms with van der Waals surface area (Å²) in [5.74, 6) is 0. The summed E-state index contributed by atoms with van der Waals surface area (Å²) in [5.41, 5.74) is 1.53. The van der Waals surface area contributed by atoms with Crippen molar-refractivity contribution in [2.45, 2.75) is 11.4 Å². The van der Waals surface area contributed by atoms with Gasteiger partial charge in [-0.2, -0.15) is 8.42 Å². The van der Waals surface area contributed by atoms with Gasteiger partial charge >= 0.3 is 0 Å². The molecule has 20 heavy (non-hydrogen) atoms. The lowest BCUT2D eigenvalue weighted by Crippen LogP contribution is -2.26. The number of nitrogens with zero attached hydrogens (tertiary/aromatic N) is 3. The molecule has 0 N–H and O–H groups in total. The van der Waals surface area contributed by atoms with Crippen LogP contribution in [0.4, 0.5) is 5.69 Å². The molecule has 7 heteroatoms. The standard InChI is InChI=1S/C13H10ClN3O2S/c14-13-7-10(5-6-15-13)8-17-9-16-20(18,19)12-4-2-1-3-11(12)17/h1-7,9H,8H2. The first-order valence-electron chi connectivity index (χ1n) is 5.83. The summed E-state index contributed by atoms with van der Waals surface area (Å²) in [4.78, 5) is 5.89. The van der Waals surface area contributed by atoms with Gasteiger partial charge in [0, 0.05) is 12.7 Å². The third kappa shape index (κ3) is 2.39. The van der Waals surface area contributed by atoms with Gasteiger partial charge in [-0.1, -0.05) is 23.7 Å². The van der Waals surface area contributed by atoms with E-state index in [4.69, 9.17) is 11.6 Å². The lowest BCUT2D eigenvalue weighted by Gasteiger charge is -2.25. The van der Waals surface area contributed by atoms with Crippen LogP contribution in [0.5, 0.6) is 0 Å². The summed E-state index contributed by atoms with van der Waals surface area (Å²) >= 11 is 5.85. The van der Waals surface area contributed by atoms with Crippen LogP contribution in [0.2, 0.25) is 5.15 Å². The van der Waals surface area contributed by atoms with Gasteiger partial charge in [0.25, 0.3) is 10.0 Å². The highest BCUT2D eigenvalue weighted by molar-refractivity contribution is 7.90. The minimum absolute atomic E-state index is 0.211. The molecule has 0 bridgehead atoms. The quantitative estimate of drug-likeness (QED) is 0.800. The van der Waals surface area contributed by atoms with E-state index in [-0.39, 0.29) is 4.90 Å². The van der Waals surface area contributed by atoms with Crippen molar-refractivity contribution >= 4 is 33.7 Å². The first kappa shape index (κ1) is 13.1. The van der Waals surface area contributed by atoms with Gasteiger partial charge in [-0.3, -0.25) is 0 Å². The summed E-state index contributed by atoms with van der Waals surface area (Å²) in [7, 11) is -3.59. The molecule has 0 saturated carbocycles. The number of fused-ring (bicyclic) bond motifs is 1. The Morgan fingerprint density at radius 3 is 2.80 bits per heavy atom. The molecule has 102 valence electrons. The van der Waals surface area contributed by atoms with E-state index in [1.54, 1.807) is 41.4 Å². The fraction of sp³-hybridized carbons (Fsp3) is 0.0769. The van der Waals surface area contributed by atoms with E-state index in [2.05, 4.69) is 9.38 Å². The van der Waals surface area contributed by atoms with E-state index in [1.165, 1.54) is 6.34 Å². The maximum absolute atomic E-state index is 11.9. The molecule has 2 heterocycles. The number of anilines is 1. The molecule has 5 nitrogen and oxygen atoms in total. The average molecular weight is 308 g/mol. The molecule has 0 amide bonds. The average Bonchev–Trinajstić information content (AvgIpc) is 2.43. The number of sulfonamides is 1. The number of hydrogen-bond donors (Lipinski definition) is 0. The molecule has 2 aromatic rings. The van der Waals surface area contributed by atoms with Gasteiger partial charge in [0.2, 0.25) is 0 Å². The molecular weight excluding hydrogens is 298 g/mol. The highest BCUT2D eigenvalue weighted by Crippen LogP contribution is 2.30. The SMILES string of the molecule is O=S1(=O)N=CN(Cc2ccnc(Cl)c2)c2ccccc21. The minimum atomic E-state index is -3.59. The Hall–Kier alpha value is -1.92. The third-order valence-electron chi connectivity index (χ3n) is 2.92. The summed E-state index contributed by atoms with van der Waals surface area (Å²) in [5, 5.41) is 0.400. The van der Waals surface area contributed by atoms with Crippen molar-refractivity contribution in [3.63, 3.8) is 0 Å². The van der Waals surface area contributed by atoms with Crippen molar-refractivity contribution in [1.82, 2.24) is 4.98 Å². The van der Waals surface area contributed by atoms with Crippen LogP contribution in [0.25, 0.3) is 0 Å². The molecular formula is C13H10ClN3O2S. The Labute approximate surface area is 121 Å². The predicted molar refractivity (Wildman–Crippen MR) is 77.5 cm³/mol. The van der Waals surface area contributed by atoms with Gasteiger partial charge < -0.3 is 4.90 Å². The van der Waals surface area contributed by atoms with Crippen LogP contribution in [0.3, 0.4) is 0 Å². The first-order valence-corrected chi connectivity index (χ1v) is 7.65. The molecule has 1 aromatic heterocycles. The normalized spacial score (nSPS) is 15.9. The molecule has 0 spiro atoms. The van der Waals surface area contributed by atoms with E-state index in [0.29, 0.717) is 17.4 Å². The van der Waals surface area contributed by atoms with Gasteiger partial charge in [0.05, 0.1) is 5.69 Å². The van der Waals surface area contributed by atoms with E-state index in [1.807, 2.05) is 6.07 Å². The Kier molecular flexibility index (Phi) is 3.19. The predicted octanol–water partition coefficient (Wildman–Crippen LogP) is 2.47. The van der Waals surface area contributed by atoms with Crippen LogP contribution in [0, 0.1) is 0 Å². The number of benzene rings is 1. The maximum Gasteiger partial charge on any atom is 0.285 e. The molecule has 1 aliphatic heterocycles. The van der Waals surface area contributed by atoms with E-state index < -0.39 is 10.0 Å². The maximum atomic E-state index is 11.9. The summed E-state index contributed by atoms with van der Waals surface area (Å²) < 4.78 is 27.4. The van der Waals surface area contributed by atoms with Gasteiger partial charge in [0.15, 0.2) is 0 Å². The number of pyridine rings is 1. The molecule has 3 rings (SSSR count). The van der Waals surface area contributed by atoms with Crippen LogP contribution < -0.4 is 4.90 Å². The highest BCUT2D eigenvalue weighted by Gasteiger charge is 2.24. The number of aromatic nitrogens is 1. The monoisotopic (exact) mass is 307 g/mol. The van der Waals surface area contributed by atoms with Crippen molar-refractivity contribution < 1.29 is 8.42 Å². The van der Waals surface area contributed by atoms with Crippen LogP contribution in [0.15, 0.2) is 51.9 Å². The van der Waals surface area contributed by atoms with Crippen molar-refractivity contribution in [2.24, 2.45) is 4.40 Å². The van der Waals surface area contributed by atoms with Crippen LogP contribution in [-0.4, -0.2) is 19.7 Å². The summed E-state index contributed by atoms with van der Waals surface area (Å²) in [6, 6.07) is 10.3. The molecule has 0 unspecified atom stereocenters. The van der Waals surface area contributed by atoms with Gasteiger partial charge in [-0.05, 0) is 29.8 Å². The van der Waals surface area contributed by atoms with Gasteiger partial charge in [0.1, 0.15) is 16.4 Å². The number of halogens is 1. The second-order valence-corrected chi connectivity index (χ2v) is 6.27. The molecule has 0 fully saturated rings. The second kappa shape index (κ2) is 4.88. The topological polar surface area (TPSA) is 62.6 Å². The Morgan fingerprint density at radius 2 is 2.00 bits per heavy atom. The Bertz CT molecular complexity index is 790. The fourth-order valence-corrected chi connectivity index (χ4v) is 3.26. The van der Waals surface area contributed by atoms with Crippen LogP contribution >= 0.6 is 11.6 Å². The highest BCUT2D eigenvalue weighted by atomic mass is 35.5. The zero-order chi connectivity index (χ0) is 14.2. The van der Waals surface area contributed by atoms with Crippen molar-refractivity contribution in [3.8, 4) is 0 Å². The van der Waals surface area contributed by atoms with E-state index in [0.717, 1.165) is 5.56 Å². The van der Waals surface area contributed by atoms with Crippen molar-refractivity contribution in [3.05, 3.63) is 53.3 Å². The molecule has 0 atom stereocenters. The van der Waals surface area contributed by atoms with Crippen molar-refractivity contribution in [1.29, 1.82) is 0 Å². The first-order chi connectivity index (χ1) is 9.56. The van der Waals surface area contributed by atoms with E-state index >= 15 is 0 Å². The summed E-state index contributed by atoms with van der Waals surface area (Å²) in [6.45, 7) is 0.471. The Balaban J connectivity index is 2.00. The van der Waals surface area contributed by atoms with Gasteiger partial charge in [-0.15, -0.1) is 4.40 Å². The van der Waals surface area contributed by atoms with Gasteiger partial charge in [-0.25, -0.2) is 4.98 Å². The number of rotatable bonds is 2. The third-order valence-corrected chi connectivity index (χ3v) is 4.40. The zero-order valence-corrected chi connectivity index (χ0v) is 11.8. The van der Waals surface area contributed by atoms with Crippen LogP contribution in [-0.2, 0) is 16.6 Å². The minimum Gasteiger partial charge on any atom is -0.326 e. The Morgan fingerprint density at radius 1 is 1.20 bits per heavy atom. The lowest BCUT2D eigenvalue weighted by molar-refractivity contribution is 0.597. The second-order valence-electron chi connectivity index (χ2n) is 4.28. The summed E-state index contributed by atoms with van der Waals surface area (Å²) in [6.07, 6.45) is 2.94. The molecule has 0 radical (unpaired) electrons. The molecule has 0 saturated heterocycles. The van der Waals surface area contributed by atoms with E-state index in [9.17, 15) is 8.42 Å². The smallest absolute Gasteiger partial charge is 0.285 e. The molecule has 1 aliphatic rings. The number of hydrogen-bond acceptors (Lipinski definition) is 4. The lowest BCUT2D eigenvalue weighted by atomic mass is 10.2. The van der Waals surface area contributed by atoms with Crippen LogP contribution in [0.1, 0.15) is 5.56 Å². The largest absolute Gasteiger partial charge is 0.326 e. The van der Waals surface area contributed by atoms with Crippen molar-refractivity contribution in [2.75, 3.05) is 4.90 Å². The number of para-hydroxylation sites is 1.